The molecule has 1 saturated heterocycles. The highest BCUT2D eigenvalue weighted by molar-refractivity contribution is 6.02. The first kappa shape index (κ1) is 21.3. The molecule has 1 aliphatic heterocycles. The van der Waals surface area contributed by atoms with Gasteiger partial charge in [0, 0.05) is 36.9 Å². The number of nitrogens with one attached hydrogen (secondary N) is 2. The van der Waals surface area contributed by atoms with Crippen molar-refractivity contribution >= 4 is 23.2 Å². The average molecular weight is 374 g/mol. The van der Waals surface area contributed by atoms with Crippen LogP contribution in [0, 0.1) is 5.92 Å². The minimum atomic E-state index is -0.0622. The van der Waals surface area contributed by atoms with Crippen molar-refractivity contribution in [3.8, 4) is 0 Å². The van der Waals surface area contributed by atoms with Crippen LogP contribution in [-0.2, 0) is 4.79 Å². The van der Waals surface area contributed by atoms with Crippen LogP contribution in [0.4, 0.5) is 11.4 Å². The maximum absolute atomic E-state index is 12.7. The molecule has 0 radical (unpaired) electrons. The van der Waals surface area contributed by atoms with Gasteiger partial charge in [-0.05, 0) is 50.3 Å². The van der Waals surface area contributed by atoms with Crippen LogP contribution in [0.3, 0.4) is 0 Å². The molecule has 2 N–H and O–H groups in total. The summed E-state index contributed by atoms with van der Waals surface area (Å²) in [6, 6.07) is 5.74. The Kier molecular flexibility index (Phi) is 8.62. The molecule has 2 amide bonds. The molecule has 1 aromatic rings. The molecule has 27 heavy (non-hydrogen) atoms. The first-order valence-corrected chi connectivity index (χ1v) is 10.6. The van der Waals surface area contributed by atoms with E-state index >= 15 is 0 Å². The summed E-state index contributed by atoms with van der Waals surface area (Å²) < 4.78 is 0. The number of rotatable bonds is 10. The fourth-order valence-electron chi connectivity index (χ4n) is 3.58. The Hall–Kier alpha value is -2.04. The van der Waals surface area contributed by atoms with Gasteiger partial charge in [0.1, 0.15) is 0 Å². The molecule has 1 atom stereocenters. The molecule has 0 bridgehead atoms. The largest absolute Gasteiger partial charge is 0.371 e. The summed E-state index contributed by atoms with van der Waals surface area (Å²) in [6.45, 7) is 8.86. The third-order valence-corrected chi connectivity index (χ3v) is 5.26. The lowest BCUT2D eigenvalue weighted by molar-refractivity contribution is -0.120. The summed E-state index contributed by atoms with van der Waals surface area (Å²) in [4.78, 5) is 27.6. The van der Waals surface area contributed by atoms with Gasteiger partial charge in [-0.2, -0.15) is 0 Å². The molecule has 1 fully saturated rings. The van der Waals surface area contributed by atoms with Crippen molar-refractivity contribution in [1.29, 1.82) is 0 Å². The molecule has 5 heteroatoms. The molecule has 1 unspecified atom stereocenters. The van der Waals surface area contributed by atoms with Crippen molar-refractivity contribution in [2.45, 2.75) is 65.7 Å². The summed E-state index contributed by atoms with van der Waals surface area (Å²) in [5.74, 6) is 0.0215. The Balaban J connectivity index is 2.19. The molecule has 0 aliphatic carbocycles. The van der Waals surface area contributed by atoms with Gasteiger partial charge in [0.05, 0.1) is 5.56 Å². The standard InChI is InChI=1S/C22H35N3O2/c1-4-7-10-17(6-3)21(26)24-18-11-12-20(25-14-8-9-15-25)19(16-18)22(27)23-13-5-2/h11-12,16-17H,4-10,13-15H2,1-3H3,(H,23,27)(H,24,26). The number of carbonyl (C=O) groups excluding carboxylic acids is 2. The van der Waals surface area contributed by atoms with Gasteiger partial charge in [-0.25, -0.2) is 0 Å². The second kappa shape index (κ2) is 11.0. The number of nitrogens with zero attached hydrogens (tertiary/aromatic N) is 1. The minimum Gasteiger partial charge on any atom is -0.371 e. The summed E-state index contributed by atoms with van der Waals surface area (Å²) >= 11 is 0. The van der Waals surface area contributed by atoms with Gasteiger partial charge in [0.15, 0.2) is 0 Å². The number of benzene rings is 1. The van der Waals surface area contributed by atoms with Crippen molar-refractivity contribution in [3.63, 3.8) is 0 Å². The van der Waals surface area contributed by atoms with Crippen molar-refractivity contribution < 1.29 is 9.59 Å². The second-order valence-corrected chi connectivity index (χ2v) is 7.42. The van der Waals surface area contributed by atoms with E-state index in [9.17, 15) is 9.59 Å². The predicted octanol–water partition coefficient (Wildman–Crippen LogP) is 4.58. The molecule has 2 rings (SSSR count). The number of amides is 2. The lowest BCUT2D eigenvalue weighted by Gasteiger charge is -2.22. The zero-order valence-electron chi connectivity index (χ0n) is 17.1. The summed E-state index contributed by atoms with van der Waals surface area (Å²) in [5, 5.41) is 6.01. The normalized spacial score (nSPS) is 14.9. The van der Waals surface area contributed by atoms with E-state index in [4.69, 9.17) is 0 Å². The number of carbonyl (C=O) groups is 2. The number of anilines is 2. The van der Waals surface area contributed by atoms with Gasteiger partial charge in [-0.3, -0.25) is 9.59 Å². The van der Waals surface area contributed by atoms with E-state index in [-0.39, 0.29) is 17.7 Å². The van der Waals surface area contributed by atoms with E-state index in [1.807, 2.05) is 25.1 Å². The molecular weight excluding hydrogens is 338 g/mol. The fourth-order valence-corrected chi connectivity index (χ4v) is 3.58. The van der Waals surface area contributed by atoms with Crippen LogP contribution >= 0.6 is 0 Å². The van der Waals surface area contributed by atoms with E-state index < -0.39 is 0 Å². The summed E-state index contributed by atoms with van der Waals surface area (Å²) in [5.41, 5.74) is 2.33. The maximum atomic E-state index is 12.7. The Morgan fingerprint density at radius 2 is 1.85 bits per heavy atom. The maximum Gasteiger partial charge on any atom is 0.253 e. The van der Waals surface area contributed by atoms with E-state index in [0.29, 0.717) is 17.8 Å². The van der Waals surface area contributed by atoms with Crippen LogP contribution in [-0.4, -0.2) is 31.4 Å². The molecule has 150 valence electrons. The molecule has 1 aliphatic rings. The lowest BCUT2D eigenvalue weighted by Crippen LogP contribution is -2.28. The fraction of sp³-hybridized carbons (Fsp3) is 0.636. The molecule has 0 aromatic heterocycles. The molecule has 0 saturated carbocycles. The summed E-state index contributed by atoms with van der Waals surface area (Å²) in [6.07, 6.45) is 7.11. The number of hydrogen-bond donors (Lipinski definition) is 2. The van der Waals surface area contributed by atoms with Gasteiger partial charge in [-0.1, -0.05) is 33.6 Å². The average Bonchev–Trinajstić information content (AvgIpc) is 3.21. The summed E-state index contributed by atoms with van der Waals surface area (Å²) in [7, 11) is 0. The van der Waals surface area contributed by atoms with Crippen LogP contribution in [0.1, 0.15) is 76.1 Å². The second-order valence-electron chi connectivity index (χ2n) is 7.42. The molecular formula is C22H35N3O2. The third-order valence-electron chi connectivity index (χ3n) is 5.26. The number of hydrogen-bond acceptors (Lipinski definition) is 3. The SMILES string of the molecule is CCCCC(CC)C(=O)Nc1ccc(N2CCCC2)c(C(=O)NCCC)c1. The Bertz CT molecular complexity index is 624. The van der Waals surface area contributed by atoms with Gasteiger partial charge in [0.25, 0.3) is 5.91 Å². The van der Waals surface area contributed by atoms with Crippen LogP contribution in [0.25, 0.3) is 0 Å². The van der Waals surface area contributed by atoms with E-state index in [1.165, 1.54) is 0 Å². The van der Waals surface area contributed by atoms with E-state index in [1.54, 1.807) is 0 Å². The van der Waals surface area contributed by atoms with Crippen molar-refractivity contribution in [1.82, 2.24) is 5.32 Å². The highest BCUT2D eigenvalue weighted by Gasteiger charge is 2.21. The Morgan fingerprint density at radius 1 is 1.11 bits per heavy atom. The predicted molar refractivity (Wildman–Crippen MR) is 112 cm³/mol. The molecule has 1 aromatic carbocycles. The van der Waals surface area contributed by atoms with Crippen LogP contribution in [0.2, 0.25) is 0 Å². The zero-order chi connectivity index (χ0) is 19.6. The third kappa shape index (κ3) is 5.98. The van der Waals surface area contributed by atoms with Crippen LogP contribution in [0.15, 0.2) is 18.2 Å². The van der Waals surface area contributed by atoms with Gasteiger partial charge < -0.3 is 15.5 Å². The minimum absolute atomic E-state index is 0.0283. The first-order valence-electron chi connectivity index (χ1n) is 10.6. The Labute approximate surface area is 163 Å². The van der Waals surface area contributed by atoms with Gasteiger partial charge in [-0.15, -0.1) is 0 Å². The topological polar surface area (TPSA) is 61.4 Å². The van der Waals surface area contributed by atoms with Gasteiger partial charge in [0.2, 0.25) is 5.91 Å². The van der Waals surface area contributed by atoms with E-state index in [0.717, 1.165) is 63.7 Å². The smallest absolute Gasteiger partial charge is 0.253 e. The van der Waals surface area contributed by atoms with Crippen molar-refractivity contribution in [2.75, 3.05) is 29.9 Å². The zero-order valence-corrected chi connectivity index (χ0v) is 17.1. The lowest BCUT2D eigenvalue weighted by atomic mass is 9.98. The molecule has 5 nitrogen and oxygen atoms in total. The number of unbranched alkanes of at least 4 members (excludes halogenated alkanes) is 1. The molecule has 1 heterocycles. The molecule has 0 spiro atoms. The highest BCUT2D eigenvalue weighted by atomic mass is 16.2. The first-order chi connectivity index (χ1) is 13.1. The monoisotopic (exact) mass is 373 g/mol. The van der Waals surface area contributed by atoms with E-state index in [2.05, 4.69) is 29.4 Å². The quantitative estimate of drug-likeness (QED) is 0.631. The van der Waals surface area contributed by atoms with Crippen molar-refractivity contribution in [2.24, 2.45) is 5.92 Å². The Morgan fingerprint density at radius 3 is 2.48 bits per heavy atom. The van der Waals surface area contributed by atoms with Gasteiger partial charge >= 0.3 is 0 Å². The van der Waals surface area contributed by atoms with Crippen LogP contribution < -0.4 is 15.5 Å². The highest BCUT2D eigenvalue weighted by Crippen LogP contribution is 2.28. The van der Waals surface area contributed by atoms with Crippen LogP contribution in [0.5, 0.6) is 0 Å². The van der Waals surface area contributed by atoms with Crippen molar-refractivity contribution in [3.05, 3.63) is 23.8 Å².